The summed E-state index contributed by atoms with van der Waals surface area (Å²) in [5.41, 5.74) is 4.06. The maximum atomic E-state index is 12.2. The lowest BCUT2D eigenvalue weighted by Gasteiger charge is -2.14. The molecule has 1 aromatic heterocycles. The summed E-state index contributed by atoms with van der Waals surface area (Å²) in [5.74, 6) is -0.0830. The molecule has 1 aliphatic rings. The number of nitrogens with zero attached hydrogens (tertiary/aromatic N) is 1. The number of aromatic nitrogens is 2. The predicted octanol–water partition coefficient (Wildman–Crippen LogP) is 0.784. The van der Waals surface area contributed by atoms with Crippen LogP contribution in [0.25, 0.3) is 11.0 Å². The minimum atomic E-state index is -0.732. The van der Waals surface area contributed by atoms with Crippen LogP contribution in [0.5, 0.6) is 0 Å². The van der Waals surface area contributed by atoms with E-state index in [2.05, 4.69) is 25.9 Å². The number of carbonyl (C=O) groups is 3. The molecular weight excluding hydrogens is 310 g/mol. The molecule has 2 aromatic rings. The predicted molar refractivity (Wildman–Crippen MR) is 87.1 cm³/mol. The van der Waals surface area contributed by atoms with Gasteiger partial charge in [-0.3, -0.25) is 14.9 Å². The van der Waals surface area contributed by atoms with Gasteiger partial charge in [0.1, 0.15) is 11.9 Å². The normalized spacial score (nSPS) is 18.0. The first-order valence-electron chi connectivity index (χ1n) is 7.77. The molecule has 3 rings (SSSR count). The second-order valence-electron chi connectivity index (χ2n) is 5.92. The average Bonchev–Trinajstić information content (AvgIpc) is 2.88. The number of nitrogens with one attached hydrogen (secondary N) is 4. The van der Waals surface area contributed by atoms with Gasteiger partial charge in [0.25, 0.3) is 0 Å². The topological polar surface area (TPSA) is 116 Å². The number of aryl methyl sites for hydroxylation is 2. The maximum absolute atomic E-state index is 12.2. The molecule has 1 fully saturated rings. The van der Waals surface area contributed by atoms with Crippen molar-refractivity contribution in [2.45, 2.75) is 39.3 Å². The molecule has 4 N–H and O–H groups in total. The van der Waals surface area contributed by atoms with Crippen LogP contribution in [-0.2, 0) is 16.1 Å². The highest BCUT2D eigenvalue weighted by atomic mass is 16.2. The second-order valence-corrected chi connectivity index (χ2v) is 5.92. The molecule has 0 bridgehead atoms. The molecule has 1 atom stereocenters. The first-order chi connectivity index (χ1) is 11.4. The summed E-state index contributed by atoms with van der Waals surface area (Å²) >= 11 is 0. The number of aromatic amines is 1. The number of fused-ring (bicyclic) bond motifs is 1. The Kier molecular flexibility index (Phi) is 4.20. The number of imidazole rings is 1. The Labute approximate surface area is 138 Å². The van der Waals surface area contributed by atoms with E-state index in [4.69, 9.17) is 0 Å². The van der Waals surface area contributed by atoms with Gasteiger partial charge in [-0.25, -0.2) is 9.78 Å². The van der Waals surface area contributed by atoms with Crippen molar-refractivity contribution < 1.29 is 14.4 Å². The molecule has 8 heteroatoms. The fourth-order valence-electron chi connectivity index (χ4n) is 2.67. The number of hydrogen-bond donors (Lipinski definition) is 4. The zero-order valence-electron chi connectivity index (χ0n) is 13.5. The molecule has 1 aromatic carbocycles. The molecule has 24 heavy (non-hydrogen) atoms. The summed E-state index contributed by atoms with van der Waals surface area (Å²) < 4.78 is 0. The van der Waals surface area contributed by atoms with Gasteiger partial charge >= 0.3 is 6.03 Å². The summed E-state index contributed by atoms with van der Waals surface area (Å²) in [5, 5.41) is 7.36. The lowest BCUT2D eigenvalue weighted by molar-refractivity contribution is -0.123. The van der Waals surface area contributed by atoms with Gasteiger partial charge in [0.15, 0.2) is 0 Å². The molecule has 4 amide bonds. The van der Waals surface area contributed by atoms with Gasteiger partial charge in [0, 0.05) is 6.42 Å². The van der Waals surface area contributed by atoms with Gasteiger partial charge in [-0.1, -0.05) is 6.07 Å². The standard InChI is InChI=1S/C16H19N5O3/c1-8-3-4-10-14(9(8)2)20-12(18-10)7-17-15(23)11-5-6-13(22)21-16(24)19-11/h3-4,11H,5-7H2,1-2H3,(H,17,23)(H,18,20)(H2,19,21,22,24)/t11-/m0/s1. The molecule has 2 heterocycles. The van der Waals surface area contributed by atoms with Gasteiger partial charge in [-0.05, 0) is 37.5 Å². The Balaban J connectivity index is 1.67. The fourth-order valence-corrected chi connectivity index (χ4v) is 2.67. The van der Waals surface area contributed by atoms with E-state index in [1.165, 1.54) is 0 Å². The number of benzene rings is 1. The average molecular weight is 329 g/mol. The Hall–Kier alpha value is -2.90. The van der Waals surface area contributed by atoms with E-state index in [1.807, 2.05) is 26.0 Å². The van der Waals surface area contributed by atoms with E-state index in [0.29, 0.717) is 5.82 Å². The smallest absolute Gasteiger partial charge is 0.322 e. The van der Waals surface area contributed by atoms with Crippen LogP contribution in [0.3, 0.4) is 0 Å². The molecular formula is C16H19N5O3. The zero-order valence-corrected chi connectivity index (χ0v) is 13.5. The fraction of sp³-hybridized carbons (Fsp3) is 0.375. The van der Waals surface area contributed by atoms with Crippen LogP contribution in [0.4, 0.5) is 4.79 Å². The summed E-state index contributed by atoms with van der Waals surface area (Å²) in [6.07, 6.45) is 0.391. The van der Waals surface area contributed by atoms with E-state index in [0.717, 1.165) is 22.2 Å². The summed E-state index contributed by atoms with van der Waals surface area (Å²) in [4.78, 5) is 42.6. The Morgan fingerprint density at radius 1 is 1.33 bits per heavy atom. The van der Waals surface area contributed by atoms with Crippen molar-refractivity contribution in [2.75, 3.05) is 0 Å². The first kappa shape index (κ1) is 16.0. The van der Waals surface area contributed by atoms with Crippen LogP contribution in [0.1, 0.15) is 29.8 Å². The highest BCUT2D eigenvalue weighted by Crippen LogP contribution is 2.19. The number of rotatable bonds is 3. The van der Waals surface area contributed by atoms with Crippen LogP contribution in [0.15, 0.2) is 12.1 Å². The molecule has 1 aliphatic heterocycles. The van der Waals surface area contributed by atoms with Gasteiger partial charge in [0.2, 0.25) is 11.8 Å². The SMILES string of the molecule is Cc1ccc2[nH]c(CNC(=O)[C@@H]3CCC(=O)NC(=O)N3)nc2c1C. The molecule has 0 spiro atoms. The third-order valence-electron chi connectivity index (χ3n) is 4.19. The van der Waals surface area contributed by atoms with Crippen molar-refractivity contribution in [1.29, 1.82) is 0 Å². The van der Waals surface area contributed by atoms with Crippen LogP contribution >= 0.6 is 0 Å². The third-order valence-corrected chi connectivity index (χ3v) is 4.19. The van der Waals surface area contributed by atoms with Crippen LogP contribution < -0.4 is 16.0 Å². The van der Waals surface area contributed by atoms with E-state index in [9.17, 15) is 14.4 Å². The Morgan fingerprint density at radius 3 is 2.92 bits per heavy atom. The monoisotopic (exact) mass is 329 g/mol. The molecule has 0 unspecified atom stereocenters. The maximum Gasteiger partial charge on any atom is 0.322 e. The lowest BCUT2D eigenvalue weighted by atomic mass is 10.1. The molecule has 0 radical (unpaired) electrons. The number of H-pyrrole nitrogens is 1. The van der Waals surface area contributed by atoms with E-state index in [-0.39, 0.29) is 31.2 Å². The molecule has 1 saturated heterocycles. The quantitative estimate of drug-likeness (QED) is 0.666. The van der Waals surface area contributed by atoms with E-state index >= 15 is 0 Å². The number of hydrogen-bond acceptors (Lipinski definition) is 4. The minimum absolute atomic E-state index is 0.125. The van der Waals surface area contributed by atoms with Gasteiger partial charge in [-0.2, -0.15) is 0 Å². The summed E-state index contributed by atoms with van der Waals surface area (Å²) in [7, 11) is 0. The first-order valence-corrected chi connectivity index (χ1v) is 7.77. The van der Waals surface area contributed by atoms with Gasteiger partial charge < -0.3 is 15.6 Å². The van der Waals surface area contributed by atoms with E-state index in [1.54, 1.807) is 0 Å². The van der Waals surface area contributed by atoms with Crippen molar-refractivity contribution in [3.63, 3.8) is 0 Å². The highest BCUT2D eigenvalue weighted by Gasteiger charge is 2.26. The largest absolute Gasteiger partial charge is 0.347 e. The van der Waals surface area contributed by atoms with Crippen molar-refractivity contribution in [3.05, 3.63) is 29.1 Å². The lowest BCUT2D eigenvalue weighted by Crippen LogP contribution is -2.48. The number of urea groups is 1. The number of amides is 4. The van der Waals surface area contributed by atoms with E-state index < -0.39 is 12.1 Å². The third kappa shape index (κ3) is 3.22. The molecule has 126 valence electrons. The summed E-state index contributed by atoms with van der Waals surface area (Å²) in [6, 6.07) is 2.60. The van der Waals surface area contributed by atoms with Crippen molar-refractivity contribution >= 4 is 28.9 Å². The van der Waals surface area contributed by atoms with Crippen LogP contribution in [-0.4, -0.2) is 33.9 Å². The van der Waals surface area contributed by atoms with Crippen molar-refractivity contribution in [3.8, 4) is 0 Å². The molecule has 8 nitrogen and oxygen atoms in total. The Morgan fingerprint density at radius 2 is 2.12 bits per heavy atom. The zero-order chi connectivity index (χ0) is 17.3. The van der Waals surface area contributed by atoms with Crippen LogP contribution in [0.2, 0.25) is 0 Å². The number of carbonyl (C=O) groups excluding carboxylic acids is 3. The Bertz CT molecular complexity index is 826. The van der Waals surface area contributed by atoms with Gasteiger partial charge in [0.05, 0.1) is 17.6 Å². The summed E-state index contributed by atoms with van der Waals surface area (Å²) in [6.45, 7) is 4.25. The van der Waals surface area contributed by atoms with Crippen LogP contribution in [0, 0.1) is 13.8 Å². The highest BCUT2D eigenvalue weighted by molar-refractivity contribution is 5.98. The van der Waals surface area contributed by atoms with Crippen molar-refractivity contribution in [1.82, 2.24) is 25.9 Å². The molecule has 0 aliphatic carbocycles. The van der Waals surface area contributed by atoms with Crippen molar-refractivity contribution in [2.24, 2.45) is 0 Å². The number of imide groups is 1. The minimum Gasteiger partial charge on any atom is -0.347 e. The van der Waals surface area contributed by atoms with Gasteiger partial charge in [-0.15, -0.1) is 0 Å². The second kappa shape index (κ2) is 6.31. The molecule has 0 saturated carbocycles.